The van der Waals surface area contributed by atoms with Gasteiger partial charge in [0.05, 0.1) is 0 Å². The van der Waals surface area contributed by atoms with E-state index < -0.39 is 0 Å². The van der Waals surface area contributed by atoms with Gasteiger partial charge in [-0.1, -0.05) is 22.9 Å². The minimum atomic E-state index is -0.0837. The van der Waals surface area contributed by atoms with Crippen molar-refractivity contribution in [3.63, 3.8) is 0 Å². The summed E-state index contributed by atoms with van der Waals surface area (Å²) in [5, 5.41) is 5.66. The molecule has 0 spiro atoms. The van der Waals surface area contributed by atoms with E-state index in [0.29, 0.717) is 18.9 Å². The van der Waals surface area contributed by atoms with Gasteiger partial charge < -0.3 is 10.6 Å². The fourth-order valence-corrected chi connectivity index (χ4v) is 2.57. The lowest BCUT2D eigenvalue weighted by Gasteiger charge is -2.09. The minimum absolute atomic E-state index is 0.0742. The Morgan fingerprint density at radius 3 is 2.70 bits per heavy atom. The number of hydrogen-bond donors (Lipinski definition) is 2. The van der Waals surface area contributed by atoms with Crippen molar-refractivity contribution in [2.75, 3.05) is 11.9 Å². The number of amides is 2. The Morgan fingerprint density at radius 1 is 1.40 bits per heavy atom. The Labute approximate surface area is 127 Å². The van der Waals surface area contributed by atoms with E-state index in [1.165, 1.54) is 0 Å². The van der Waals surface area contributed by atoms with Crippen LogP contribution in [0.3, 0.4) is 0 Å². The van der Waals surface area contributed by atoms with Gasteiger partial charge in [-0.05, 0) is 43.0 Å². The third-order valence-electron chi connectivity index (χ3n) is 3.56. The molecule has 1 aromatic rings. The first-order valence-corrected chi connectivity index (χ1v) is 7.60. The quantitative estimate of drug-likeness (QED) is 0.867. The molecular weight excluding hydrogens is 320 g/mol. The molecular formula is C15H19BrN2O2. The van der Waals surface area contributed by atoms with Gasteiger partial charge in [0.1, 0.15) is 0 Å². The summed E-state index contributed by atoms with van der Waals surface area (Å²) in [6.07, 6.45) is 1.26. The van der Waals surface area contributed by atoms with Gasteiger partial charge in [-0.15, -0.1) is 0 Å². The number of anilines is 1. The van der Waals surface area contributed by atoms with Crippen LogP contribution in [0.5, 0.6) is 0 Å². The van der Waals surface area contributed by atoms with Crippen LogP contribution >= 0.6 is 15.9 Å². The zero-order chi connectivity index (χ0) is 14.7. The van der Waals surface area contributed by atoms with Crippen molar-refractivity contribution >= 4 is 33.4 Å². The predicted octanol–water partition coefficient (Wildman–Crippen LogP) is 2.86. The molecule has 1 aliphatic rings. The highest BCUT2D eigenvalue weighted by Crippen LogP contribution is 2.37. The van der Waals surface area contributed by atoms with Crippen LogP contribution in [0.2, 0.25) is 0 Å². The number of nitrogens with one attached hydrogen (secondary N) is 2. The van der Waals surface area contributed by atoms with Gasteiger partial charge in [0.15, 0.2) is 0 Å². The van der Waals surface area contributed by atoms with Gasteiger partial charge in [-0.2, -0.15) is 0 Å². The third-order valence-corrected chi connectivity index (χ3v) is 4.05. The van der Waals surface area contributed by atoms with Crippen LogP contribution in [0, 0.1) is 18.8 Å². The van der Waals surface area contributed by atoms with Gasteiger partial charge >= 0.3 is 0 Å². The molecule has 2 amide bonds. The summed E-state index contributed by atoms with van der Waals surface area (Å²) in [5.74, 6) is 0.644. The lowest BCUT2D eigenvalue weighted by molar-refractivity contribution is -0.122. The van der Waals surface area contributed by atoms with Crippen molar-refractivity contribution < 1.29 is 9.59 Å². The first kappa shape index (κ1) is 15.0. The molecule has 20 heavy (non-hydrogen) atoms. The van der Waals surface area contributed by atoms with Crippen molar-refractivity contribution in [3.05, 3.63) is 28.2 Å². The highest BCUT2D eigenvalue weighted by atomic mass is 79.9. The molecule has 0 aromatic heterocycles. The molecule has 1 aromatic carbocycles. The van der Waals surface area contributed by atoms with E-state index in [-0.39, 0.29) is 17.7 Å². The molecule has 1 aliphatic carbocycles. The number of hydrogen-bond acceptors (Lipinski definition) is 2. The van der Waals surface area contributed by atoms with E-state index in [0.717, 1.165) is 22.1 Å². The normalized spacial score (nSPS) is 20.4. The van der Waals surface area contributed by atoms with Gasteiger partial charge in [-0.3, -0.25) is 9.59 Å². The highest BCUT2D eigenvalue weighted by molar-refractivity contribution is 9.10. The molecule has 0 heterocycles. The Kier molecular flexibility index (Phi) is 4.81. The van der Waals surface area contributed by atoms with Gasteiger partial charge in [0, 0.05) is 29.0 Å². The molecule has 0 radical (unpaired) electrons. The van der Waals surface area contributed by atoms with E-state index in [4.69, 9.17) is 0 Å². The minimum Gasteiger partial charge on any atom is -0.355 e. The van der Waals surface area contributed by atoms with Crippen LogP contribution in [0.15, 0.2) is 22.7 Å². The lowest BCUT2D eigenvalue weighted by Crippen LogP contribution is -2.29. The maximum atomic E-state index is 11.8. The average molecular weight is 339 g/mol. The predicted molar refractivity (Wildman–Crippen MR) is 82.4 cm³/mol. The Balaban J connectivity index is 1.73. The number of halogens is 1. The molecule has 2 N–H and O–H groups in total. The summed E-state index contributed by atoms with van der Waals surface area (Å²) in [4.78, 5) is 23.4. The SMILES string of the molecule is Cc1cc(Br)ccc1NC(=O)CCNC(=O)[C@@H]1C[C@H]1C. The highest BCUT2D eigenvalue weighted by Gasteiger charge is 2.38. The Morgan fingerprint density at radius 2 is 2.10 bits per heavy atom. The van der Waals surface area contributed by atoms with Crippen molar-refractivity contribution in [1.29, 1.82) is 0 Å². The Bertz CT molecular complexity index is 531. The van der Waals surface area contributed by atoms with Crippen molar-refractivity contribution in [2.45, 2.75) is 26.7 Å². The van der Waals surface area contributed by atoms with Crippen LogP contribution in [0.25, 0.3) is 0 Å². The number of benzene rings is 1. The standard InChI is InChI=1S/C15H19BrN2O2/c1-9-8-12(9)15(20)17-6-5-14(19)18-13-4-3-11(16)7-10(13)2/h3-4,7,9,12H,5-6,8H2,1-2H3,(H,17,20)(H,18,19)/t9-,12-/m1/s1. The first-order chi connectivity index (χ1) is 9.47. The van der Waals surface area contributed by atoms with Crippen molar-refractivity contribution in [1.82, 2.24) is 5.32 Å². The molecule has 0 bridgehead atoms. The van der Waals surface area contributed by atoms with Crippen molar-refractivity contribution in [3.8, 4) is 0 Å². The second kappa shape index (κ2) is 6.39. The number of carbonyl (C=O) groups excluding carboxylic acids is 2. The van der Waals surface area contributed by atoms with E-state index in [1.54, 1.807) is 0 Å². The third kappa shape index (κ3) is 4.07. The molecule has 1 saturated carbocycles. The van der Waals surface area contributed by atoms with Crippen LogP contribution in [0.1, 0.15) is 25.3 Å². The van der Waals surface area contributed by atoms with Crippen LogP contribution in [-0.4, -0.2) is 18.4 Å². The topological polar surface area (TPSA) is 58.2 Å². The first-order valence-electron chi connectivity index (χ1n) is 6.81. The van der Waals surface area contributed by atoms with E-state index >= 15 is 0 Å². The number of rotatable bonds is 5. The summed E-state index contributed by atoms with van der Waals surface area (Å²) in [7, 11) is 0. The van der Waals surface area contributed by atoms with Crippen molar-refractivity contribution in [2.24, 2.45) is 11.8 Å². The summed E-state index contributed by atoms with van der Waals surface area (Å²) < 4.78 is 0.985. The summed E-state index contributed by atoms with van der Waals surface area (Å²) in [5.41, 5.74) is 1.81. The molecule has 2 rings (SSSR count). The Hall–Kier alpha value is -1.36. The zero-order valence-corrected chi connectivity index (χ0v) is 13.3. The van der Waals surface area contributed by atoms with Gasteiger partial charge in [0.2, 0.25) is 11.8 Å². The summed E-state index contributed by atoms with van der Waals surface area (Å²) >= 11 is 3.38. The number of aryl methyl sites for hydroxylation is 1. The molecule has 1 fully saturated rings. The fourth-order valence-electron chi connectivity index (χ4n) is 2.10. The maximum absolute atomic E-state index is 11.8. The second-order valence-electron chi connectivity index (χ2n) is 5.37. The average Bonchev–Trinajstić information content (AvgIpc) is 3.10. The van der Waals surface area contributed by atoms with Gasteiger partial charge in [-0.25, -0.2) is 0 Å². The summed E-state index contributed by atoms with van der Waals surface area (Å²) in [6.45, 7) is 4.40. The smallest absolute Gasteiger partial charge is 0.226 e. The largest absolute Gasteiger partial charge is 0.355 e. The molecule has 4 nitrogen and oxygen atoms in total. The van der Waals surface area contributed by atoms with E-state index in [2.05, 4.69) is 33.5 Å². The second-order valence-corrected chi connectivity index (χ2v) is 6.28. The molecule has 5 heteroatoms. The lowest BCUT2D eigenvalue weighted by atomic mass is 10.2. The molecule has 2 atom stereocenters. The monoisotopic (exact) mass is 338 g/mol. The maximum Gasteiger partial charge on any atom is 0.226 e. The van der Waals surface area contributed by atoms with E-state index in [9.17, 15) is 9.59 Å². The van der Waals surface area contributed by atoms with Gasteiger partial charge in [0.25, 0.3) is 0 Å². The zero-order valence-electron chi connectivity index (χ0n) is 11.7. The summed E-state index contributed by atoms with van der Waals surface area (Å²) in [6, 6.07) is 5.70. The molecule has 0 unspecified atom stereocenters. The van der Waals surface area contributed by atoms with Crippen LogP contribution in [-0.2, 0) is 9.59 Å². The molecule has 0 aliphatic heterocycles. The van der Waals surface area contributed by atoms with Crippen LogP contribution < -0.4 is 10.6 Å². The molecule has 0 saturated heterocycles. The van der Waals surface area contributed by atoms with Crippen LogP contribution in [0.4, 0.5) is 5.69 Å². The molecule has 108 valence electrons. The van der Waals surface area contributed by atoms with E-state index in [1.807, 2.05) is 25.1 Å². The number of carbonyl (C=O) groups is 2. The fraction of sp³-hybridized carbons (Fsp3) is 0.467.